The fourth-order valence-corrected chi connectivity index (χ4v) is 1.69. The van der Waals surface area contributed by atoms with Crippen molar-refractivity contribution < 1.29 is 27.5 Å². The Kier molecular flexibility index (Phi) is 5.90. The molecule has 0 spiro atoms. The molecule has 0 heterocycles. The first kappa shape index (κ1) is 18.4. The van der Waals surface area contributed by atoms with Gasteiger partial charge in [0.1, 0.15) is 5.82 Å². The minimum absolute atomic E-state index is 0.0489. The van der Waals surface area contributed by atoms with Crippen LogP contribution in [0.2, 0.25) is 0 Å². The summed E-state index contributed by atoms with van der Waals surface area (Å²) in [5, 5.41) is 11.3. The predicted molar refractivity (Wildman–Crippen MR) is 73.9 cm³/mol. The molecule has 1 aromatic carbocycles. The predicted octanol–water partition coefficient (Wildman–Crippen LogP) is 2.32. The summed E-state index contributed by atoms with van der Waals surface area (Å²) in [6.45, 7) is 2.29. The van der Waals surface area contributed by atoms with Gasteiger partial charge in [-0.1, -0.05) is 6.07 Å². The normalized spacial score (nSPS) is 14.8. The Morgan fingerprint density at radius 2 is 2.00 bits per heavy atom. The number of carbonyl (C=O) groups excluding carboxylic acids is 1. The molecule has 4 nitrogen and oxygen atoms in total. The van der Waals surface area contributed by atoms with E-state index >= 15 is 0 Å². The Labute approximate surface area is 125 Å². The van der Waals surface area contributed by atoms with Crippen molar-refractivity contribution in [3.63, 3.8) is 0 Å². The minimum Gasteiger partial charge on any atom is -0.382 e. The zero-order valence-electron chi connectivity index (χ0n) is 12.4. The van der Waals surface area contributed by atoms with Crippen molar-refractivity contribution in [3.05, 3.63) is 29.6 Å². The molecule has 0 saturated carbocycles. The van der Waals surface area contributed by atoms with Crippen LogP contribution in [0.15, 0.2) is 18.2 Å². The number of carbonyl (C=O) groups is 1. The molecule has 22 heavy (non-hydrogen) atoms. The number of aliphatic hydroxyl groups excluding tert-OH is 1. The lowest BCUT2D eigenvalue weighted by Gasteiger charge is -2.27. The van der Waals surface area contributed by atoms with E-state index < -0.39 is 36.6 Å². The van der Waals surface area contributed by atoms with Crippen molar-refractivity contribution >= 4 is 11.6 Å². The molecular formula is C14H18F4N2O2. The van der Waals surface area contributed by atoms with Crippen LogP contribution in [0.25, 0.3) is 0 Å². The summed E-state index contributed by atoms with van der Waals surface area (Å²) in [7, 11) is 1.27. The summed E-state index contributed by atoms with van der Waals surface area (Å²) < 4.78 is 50.5. The van der Waals surface area contributed by atoms with Gasteiger partial charge in [0, 0.05) is 6.54 Å². The lowest BCUT2D eigenvalue weighted by Crippen LogP contribution is -2.46. The number of hydrogen-bond donors (Lipinski definition) is 2. The average Bonchev–Trinajstić information content (AvgIpc) is 2.39. The van der Waals surface area contributed by atoms with Gasteiger partial charge in [-0.25, -0.2) is 4.39 Å². The third-order valence-corrected chi connectivity index (χ3v) is 3.26. The topological polar surface area (TPSA) is 52.6 Å². The third kappa shape index (κ3) is 4.96. The van der Waals surface area contributed by atoms with E-state index in [0.717, 1.165) is 4.90 Å². The first-order valence-electron chi connectivity index (χ1n) is 6.54. The second kappa shape index (κ2) is 7.06. The van der Waals surface area contributed by atoms with Gasteiger partial charge in [-0.2, -0.15) is 13.2 Å². The lowest BCUT2D eigenvalue weighted by atomic mass is 10.2. The van der Waals surface area contributed by atoms with Crippen LogP contribution in [0.4, 0.5) is 23.2 Å². The number of aryl methyl sites for hydroxylation is 1. The van der Waals surface area contributed by atoms with Gasteiger partial charge in [0.2, 0.25) is 5.91 Å². The molecule has 2 atom stereocenters. The molecule has 2 N–H and O–H groups in total. The van der Waals surface area contributed by atoms with Crippen molar-refractivity contribution in [2.24, 2.45) is 0 Å². The van der Waals surface area contributed by atoms with Crippen LogP contribution < -0.4 is 5.32 Å². The van der Waals surface area contributed by atoms with Crippen LogP contribution in [0.5, 0.6) is 0 Å². The molecule has 1 rings (SSSR count). The molecule has 0 fully saturated rings. The summed E-state index contributed by atoms with van der Waals surface area (Å²) in [5.74, 6) is -1.29. The van der Waals surface area contributed by atoms with Crippen LogP contribution in [-0.2, 0) is 4.79 Å². The first-order valence-corrected chi connectivity index (χ1v) is 6.54. The molecule has 2 unspecified atom stereocenters. The number of nitrogens with zero attached hydrogens (tertiary/aromatic N) is 1. The highest BCUT2D eigenvalue weighted by molar-refractivity contribution is 5.94. The van der Waals surface area contributed by atoms with E-state index in [1.807, 2.05) is 0 Å². The van der Waals surface area contributed by atoms with Crippen molar-refractivity contribution in [1.29, 1.82) is 0 Å². The third-order valence-electron chi connectivity index (χ3n) is 3.26. The van der Waals surface area contributed by atoms with Crippen molar-refractivity contribution in [3.8, 4) is 0 Å². The number of nitrogens with one attached hydrogen (secondary N) is 1. The van der Waals surface area contributed by atoms with E-state index in [9.17, 15) is 22.4 Å². The standard InChI is InChI=1S/C14H18F4N2O2/c1-8-4-5-11(10(15)6-8)19-13(22)9(2)20(3)7-12(21)14(16,17)18/h4-6,9,12,21H,7H2,1-3H3,(H,19,22). The maximum Gasteiger partial charge on any atom is 0.415 e. The molecule has 0 aliphatic carbocycles. The number of hydrogen-bond acceptors (Lipinski definition) is 3. The van der Waals surface area contributed by atoms with E-state index in [-0.39, 0.29) is 5.69 Å². The molecule has 0 bridgehead atoms. The van der Waals surface area contributed by atoms with Crippen LogP contribution in [0.3, 0.4) is 0 Å². The quantitative estimate of drug-likeness (QED) is 0.818. The van der Waals surface area contributed by atoms with Gasteiger partial charge in [-0.3, -0.25) is 9.69 Å². The Hall–Kier alpha value is -1.67. The van der Waals surface area contributed by atoms with Gasteiger partial charge in [0.25, 0.3) is 0 Å². The SMILES string of the molecule is Cc1ccc(NC(=O)C(C)N(C)CC(O)C(F)(F)F)c(F)c1. The molecule has 0 radical (unpaired) electrons. The zero-order chi connectivity index (χ0) is 17.1. The number of benzene rings is 1. The van der Waals surface area contributed by atoms with Gasteiger partial charge in [-0.15, -0.1) is 0 Å². The van der Waals surface area contributed by atoms with Crippen LogP contribution in [-0.4, -0.2) is 47.8 Å². The highest BCUT2D eigenvalue weighted by Gasteiger charge is 2.39. The van der Waals surface area contributed by atoms with Crippen molar-refractivity contribution in [1.82, 2.24) is 4.90 Å². The number of amides is 1. The Balaban J connectivity index is 2.68. The van der Waals surface area contributed by atoms with Crippen LogP contribution in [0.1, 0.15) is 12.5 Å². The Bertz CT molecular complexity index is 534. The van der Waals surface area contributed by atoms with Gasteiger partial charge >= 0.3 is 6.18 Å². The van der Waals surface area contributed by atoms with Crippen molar-refractivity contribution in [2.45, 2.75) is 32.2 Å². The van der Waals surface area contributed by atoms with E-state index in [1.165, 1.54) is 26.1 Å². The molecular weight excluding hydrogens is 304 g/mol. The Morgan fingerprint density at radius 3 is 2.50 bits per heavy atom. The smallest absolute Gasteiger partial charge is 0.382 e. The molecule has 0 aliphatic rings. The number of rotatable bonds is 5. The van der Waals surface area contributed by atoms with E-state index in [1.54, 1.807) is 13.0 Å². The molecule has 124 valence electrons. The number of anilines is 1. The zero-order valence-corrected chi connectivity index (χ0v) is 12.4. The summed E-state index contributed by atoms with van der Waals surface area (Å²) >= 11 is 0. The van der Waals surface area contributed by atoms with Crippen LogP contribution in [0, 0.1) is 12.7 Å². The highest BCUT2D eigenvalue weighted by Crippen LogP contribution is 2.21. The fraction of sp³-hybridized carbons (Fsp3) is 0.500. The number of alkyl halides is 3. The van der Waals surface area contributed by atoms with Crippen LogP contribution >= 0.6 is 0 Å². The summed E-state index contributed by atoms with van der Waals surface area (Å²) in [6, 6.07) is 3.23. The summed E-state index contributed by atoms with van der Waals surface area (Å²) in [5.41, 5.74) is 0.626. The second-order valence-corrected chi connectivity index (χ2v) is 5.15. The van der Waals surface area contributed by atoms with Gasteiger partial charge in [0.05, 0.1) is 11.7 Å². The largest absolute Gasteiger partial charge is 0.415 e. The van der Waals surface area contributed by atoms with Crippen molar-refractivity contribution in [2.75, 3.05) is 18.9 Å². The maximum absolute atomic E-state index is 13.6. The molecule has 0 aromatic heterocycles. The number of halogens is 4. The number of aliphatic hydroxyl groups is 1. The molecule has 1 amide bonds. The molecule has 0 aliphatic heterocycles. The second-order valence-electron chi connectivity index (χ2n) is 5.15. The van der Waals surface area contributed by atoms with Gasteiger partial charge < -0.3 is 10.4 Å². The lowest BCUT2D eigenvalue weighted by molar-refractivity contribution is -0.208. The van der Waals surface area contributed by atoms with Gasteiger partial charge in [0.15, 0.2) is 6.10 Å². The fourth-order valence-electron chi connectivity index (χ4n) is 1.69. The monoisotopic (exact) mass is 322 g/mol. The molecule has 8 heteroatoms. The number of likely N-dealkylation sites (N-methyl/N-ethyl adjacent to an activating group) is 1. The minimum atomic E-state index is -4.76. The Morgan fingerprint density at radius 1 is 1.41 bits per heavy atom. The van der Waals surface area contributed by atoms with E-state index in [0.29, 0.717) is 5.56 Å². The summed E-state index contributed by atoms with van der Waals surface area (Å²) in [4.78, 5) is 13.0. The van der Waals surface area contributed by atoms with Gasteiger partial charge in [-0.05, 0) is 38.6 Å². The maximum atomic E-state index is 13.6. The van der Waals surface area contributed by atoms with E-state index in [4.69, 9.17) is 5.11 Å². The first-order chi connectivity index (χ1) is 10.0. The molecule has 1 aromatic rings. The highest BCUT2D eigenvalue weighted by atomic mass is 19.4. The summed E-state index contributed by atoms with van der Waals surface area (Å²) in [6.07, 6.45) is -7.31. The average molecular weight is 322 g/mol. The van der Waals surface area contributed by atoms with E-state index in [2.05, 4.69) is 5.32 Å². The molecule has 0 saturated heterocycles.